The first-order valence-electron chi connectivity index (χ1n) is 9.18. The van der Waals surface area contributed by atoms with E-state index in [-0.39, 0.29) is 33.3 Å². The lowest BCUT2D eigenvalue weighted by atomic mass is 9.48. The topological polar surface area (TPSA) is 37.4 Å². The van der Waals surface area contributed by atoms with Crippen molar-refractivity contribution in [2.24, 2.45) is 0 Å². The molecule has 3 nitrogen and oxygen atoms in total. The summed E-state index contributed by atoms with van der Waals surface area (Å²) in [5.74, 6) is -0.0673. The van der Waals surface area contributed by atoms with Gasteiger partial charge in [0.2, 0.25) is 5.91 Å². The van der Waals surface area contributed by atoms with Crippen LogP contribution in [-0.2, 0) is 15.6 Å². The Morgan fingerprint density at radius 3 is 1.88 bits per heavy atom. The van der Waals surface area contributed by atoms with Crippen molar-refractivity contribution < 1.29 is 9.59 Å². The second-order valence-corrected chi connectivity index (χ2v) is 8.96. The van der Waals surface area contributed by atoms with Crippen LogP contribution in [0.5, 0.6) is 0 Å². The summed E-state index contributed by atoms with van der Waals surface area (Å²) in [5.41, 5.74) is 4.46. The van der Waals surface area contributed by atoms with Crippen LogP contribution in [0, 0.1) is 0 Å². The van der Waals surface area contributed by atoms with Crippen LogP contribution in [0.25, 0.3) is 0 Å². The first kappa shape index (κ1) is 16.1. The molecule has 26 heavy (non-hydrogen) atoms. The first-order valence-corrected chi connectivity index (χ1v) is 10.1. The molecule has 2 atom stereocenters. The molecule has 4 heteroatoms. The standard InChI is InChI=1S/C22H21NO2S/c1-4-17(24)23-18-19(26-20(23)25)22(3)15-11-7-5-9-13(15)21(18,2)14-10-6-8-12-16(14)22/h5-12,18-19H,4H2,1-3H3/t18-,19+,21?,22?/m0/s1. The Morgan fingerprint density at radius 2 is 1.42 bits per heavy atom. The minimum Gasteiger partial charge on any atom is -0.274 e. The van der Waals surface area contributed by atoms with E-state index in [0.717, 1.165) is 0 Å². The van der Waals surface area contributed by atoms with Gasteiger partial charge in [0.05, 0.1) is 6.04 Å². The maximum absolute atomic E-state index is 12.9. The van der Waals surface area contributed by atoms with Crippen molar-refractivity contribution in [1.29, 1.82) is 0 Å². The number of rotatable bonds is 1. The van der Waals surface area contributed by atoms with E-state index in [2.05, 4.69) is 62.4 Å². The Hall–Kier alpha value is -2.07. The molecule has 1 heterocycles. The van der Waals surface area contributed by atoms with E-state index in [1.165, 1.54) is 34.0 Å². The number of carbonyl (C=O) groups excluding carboxylic acids is 2. The molecule has 0 saturated carbocycles. The summed E-state index contributed by atoms with van der Waals surface area (Å²) in [7, 11) is 0. The highest BCUT2D eigenvalue weighted by atomic mass is 32.2. The lowest BCUT2D eigenvalue weighted by Crippen LogP contribution is -2.65. The molecule has 1 saturated heterocycles. The van der Waals surface area contributed by atoms with Gasteiger partial charge in [-0.05, 0) is 29.2 Å². The van der Waals surface area contributed by atoms with Crippen molar-refractivity contribution in [3.63, 3.8) is 0 Å². The molecule has 4 aliphatic rings. The lowest BCUT2D eigenvalue weighted by Gasteiger charge is -2.59. The van der Waals surface area contributed by atoms with Gasteiger partial charge < -0.3 is 0 Å². The van der Waals surface area contributed by atoms with Crippen LogP contribution < -0.4 is 0 Å². The molecule has 0 radical (unpaired) electrons. The first-order chi connectivity index (χ1) is 12.5. The molecule has 1 fully saturated rings. The van der Waals surface area contributed by atoms with E-state index in [9.17, 15) is 9.59 Å². The Bertz CT molecular complexity index is 919. The van der Waals surface area contributed by atoms with Crippen molar-refractivity contribution in [3.05, 3.63) is 70.8 Å². The molecule has 0 N–H and O–H groups in total. The predicted octanol–water partition coefficient (Wildman–Crippen LogP) is 4.47. The number of benzene rings is 2. The fraction of sp³-hybridized carbons (Fsp3) is 0.364. The molecule has 0 aromatic heterocycles. The summed E-state index contributed by atoms with van der Waals surface area (Å²) in [6.45, 7) is 6.30. The quantitative estimate of drug-likeness (QED) is 0.750. The van der Waals surface area contributed by atoms with Crippen molar-refractivity contribution in [1.82, 2.24) is 4.90 Å². The summed E-state index contributed by atoms with van der Waals surface area (Å²) in [4.78, 5) is 27.2. The molecule has 132 valence electrons. The zero-order chi connectivity index (χ0) is 18.3. The Balaban J connectivity index is 1.89. The van der Waals surface area contributed by atoms with Crippen LogP contribution in [0.2, 0.25) is 0 Å². The van der Waals surface area contributed by atoms with Gasteiger partial charge in [-0.2, -0.15) is 0 Å². The fourth-order valence-electron chi connectivity index (χ4n) is 5.59. The molecule has 2 aromatic rings. The van der Waals surface area contributed by atoms with Crippen molar-refractivity contribution in [3.8, 4) is 0 Å². The van der Waals surface area contributed by atoms with Gasteiger partial charge in [0.15, 0.2) is 0 Å². The molecular formula is C22H21NO2S. The lowest BCUT2D eigenvalue weighted by molar-refractivity contribution is -0.130. The number of thioether (sulfide) groups is 1. The molecule has 0 unspecified atom stereocenters. The van der Waals surface area contributed by atoms with Crippen LogP contribution in [0.1, 0.15) is 49.4 Å². The smallest absolute Gasteiger partial charge is 0.274 e. The van der Waals surface area contributed by atoms with Crippen molar-refractivity contribution in [2.45, 2.75) is 49.3 Å². The van der Waals surface area contributed by atoms with E-state index < -0.39 is 0 Å². The summed E-state index contributed by atoms with van der Waals surface area (Å²) < 4.78 is 0. The highest BCUT2D eigenvalue weighted by molar-refractivity contribution is 8.14. The van der Waals surface area contributed by atoms with E-state index in [1.807, 2.05) is 6.92 Å². The second kappa shape index (κ2) is 5.01. The third kappa shape index (κ3) is 1.58. The Kier molecular flexibility index (Phi) is 3.11. The average Bonchev–Trinajstić information content (AvgIpc) is 3.04. The van der Waals surface area contributed by atoms with Gasteiger partial charge in [-0.1, -0.05) is 74.1 Å². The summed E-state index contributed by atoms with van der Waals surface area (Å²) in [6.07, 6.45) is 0.353. The van der Waals surface area contributed by atoms with Gasteiger partial charge in [0.1, 0.15) is 0 Å². The fourth-order valence-corrected chi connectivity index (χ4v) is 7.15. The zero-order valence-electron chi connectivity index (χ0n) is 15.2. The molecule has 2 bridgehead atoms. The Labute approximate surface area is 157 Å². The number of hydrogen-bond donors (Lipinski definition) is 0. The maximum atomic E-state index is 12.9. The maximum Gasteiger partial charge on any atom is 0.288 e. The van der Waals surface area contributed by atoms with E-state index in [1.54, 1.807) is 4.90 Å². The SMILES string of the molecule is CCC(=O)N1C(=O)S[C@@H]2[C@H]1C1(C)c3ccccc3C2(C)c2ccccc21. The van der Waals surface area contributed by atoms with Gasteiger partial charge in [-0.3, -0.25) is 14.5 Å². The van der Waals surface area contributed by atoms with Gasteiger partial charge in [-0.25, -0.2) is 0 Å². The molecule has 3 aliphatic carbocycles. The van der Waals surface area contributed by atoms with Crippen LogP contribution in [0.4, 0.5) is 4.79 Å². The monoisotopic (exact) mass is 363 g/mol. The van der Waals surface area contributed by atoms with Crippen LogP contribution in [0.3, 0.4) is 0 Å². The van der Waals surface area contributed by atoms with Crippen LogP contribution in [-0.4, -0.2) is 27.3 Å². The molecule has 2 aromatic carbocycles. The van der Waals surface area contributed by atoms with Gasteiger partial charge in [0.25, 0.3) is 5.24 Å². The average molecular weight is 363 g/mol. The molecular weight excluding hydrogens is 342 g/mol. The van der Waals surface area contributed by atoms with Crippen LogP contribution in [0.15, 0.2) is 48.5 Å². The summed E-state index contributed by atoms with van der Waals surface area (Å²) in [5, 5.41) is -0.0507. The zero-order valence-corrected chi connectivity index (χ0v) is 16.0. The molecule has 1 aliphatic heterocycles. The van der Waals surface area contributed by atoms with E-state index in [4.69, 9.17) is 0 Å². The van der Waals surface area contributed by atoms with Gasteiger partial charge >= 0.3 is 0 Å². The largest absolute Gasteiger partial charge is 0.288 e. The summed E-state index contributed by atoms with van der Waals surface area (Å²) >= 11 is 1.36. The number of carbonyl (C=O) groups is 2. The normalized spacial score (nSPS) is 33.7. The summed E-state index contributed by atoms with van der Waals surface area (Å²) in [6, 6.07) is 16.9. The van der Waals surface area contributed by atoms with Gasteiger partial charge in [-0.15, -0.1) is 0 Å². The molecule has 0 spiro atoms. The van der Waals surface area contributed by atoms with E-state index in [0.29, 0.717) is 6.42 Å². The molecule has 2 amide bonds. The van der Waals surface area contributed by atoms with Gasteiger partial charge in [0, 0.05) is 22.5 Å². The number of imide groups is 1. The minimum atomic E-state index is -0.375. The number of amides is 2. The molecule has 6 rings (SSSR count). The third-order valence-electron chi connectivity index (χ3n) is 6.81. The second-order valence-electron chi connectivity index (χ2n) is 7.86. The number of hydrogen-bond acceptors (Lipinski definition) is 3. The van der Waals surface area contributed by atoms with Crippen molar-refractivity contribution >= 4 is 22.9 Å². The third-order valence-corrected chi connectivity index (χ3v) is 8.19. The Morgan fingerprint density at radius 1 is 0.962 bits per heavy atom. The van der Waals surface area contributed by atoms with Crippen LogP contribution >= 0.6 is 11.8 Å². The predicted molar refractivity (Wildman–Crippen MR) is 103 cm³/mol. The minimum absolute atomic E-state index is 0.0419. The van der Waals surface area contributed by atoms with Crippen molar-refractivity contribution in [2.75, 3.05) is 0 Å². The number of nitrogens with zero attached hydrogens (tertiary/aromatic N) is 1. The highest BCUT2D eigenvalue weighted by Gasteiger charge is 2.68. The van der Waals surface area contributed by atoms with E-state index >= 15 is 0 Å². The highest BCUT2D eigenvalue weighted by Crippen LogP contribution is 2.65.